The summed E-state index contributed by atoms with van der Waals surface area (Å²) < 4.78 is 5.36. The van der Waals surface area contributed by atoms with Gasteiger partial charge in [0.25, 0.3) is 0 Å². The summed E-state index contributed by atoms with van der Waals surface area (Å²) in [5.41, 5.74) is 0.956. The Morgan fingerprint density at radius 2 is 1.76 bits per heavy atom. The van der Waals surface area contributed by atoms with E-state index in [0.29, 0.717) is 31.5 Å². The van der Waals surface area contributed by atoms with E-state index in [-0.39, 0.29) is 24.4 Å². The number of hydrogen-bond acceptors (Lipinski definition) is 4. The number of aliphatic hydroxyl groups is 1. The van der Waals surface area contributed by atoms with Crippen molar-refractivity contribution in [3.63, 3.8) is 0 Å². The van der Waals surface area contributed by atoms with E-state index in [2.05, 4.69) is 0 Å². The first-order chi connectivity index (χ1) is 11.7. The van der Waals surface area contributed by atoms with Crippen LogP contribution in [0.3, 0.4) is 0 Å². The van der Waals surface area contributed by atoms with Crippen LogP contribution in [0.25, 0.3) is 0 Å². The number of esters is 1. The Balaban J connectivity index is 2.14. The zero-order chi connectivity index (χ0) is 18.6. The standard InChI is InChI=1S/C19H27NO5/c1-19(2,3)25-17(22)14-6-4-13(5-7-14)16-9-11-20(18(23)24)10-8-15(16)12-21/h4-7,15-16,21H,8-12H2,1-3H3,(H,23,24)/t15-,16-/m0/s1. The van der Waals surface area contributed by atoms with Crippen LogP contribution >= 0.6 is 0 Å². The minimum Gasteiger partial charge on any atom is -0.465 e. The Labute approximate surface area is 148 Å². The van der Waals surface area contributed by atoms with E-state index < -0.39 is 11.7 Å². The summed E-state index contributed by atoms with van der Waals surface area (Å²) in [7, 11) is 0. The highest BCUT2D eigenvalue weighted by molar-refractivity contribution is 5.89. The first-order valence-electron chi connectivity index (χ1n) is 8.63. The van der Waals surface area contributed by atoms with Gasteiger partial charge in [-0.2, -0.15) is 0 Å². The van der Waals surface area contributed by atoms with Crippen LogP contribution in [0.2, 0.25) is 0 Å². The third-order valence-corrected chi connectivity index (χ3v) is 4.53. The molecule has 1 saturated heterocycles. The number of carbonyl (C=O) groups excluding carboxylic acids is 1. The van der Waals surface area contributed by atoms with Crippen molar-refractivity contribution in [3.05, 3.63) is 35.4 Å². The highest BCUT2D eigenvalue weighted by Crippen LogP contribution is 2.33. The van der Waals surface area contributed by atoms with Gasteiger partial charge in [-0.1, -0.05) is 12.1 Å². The number of aliphatic hydroxyl groups excluding tert-OH is 1. The minimum absolute atomic E-state index is 0.0109. The van der Waals surface area contributed by atoms with Crippen molar-refractivity contribution >= 4 is 12.1 Å². The van der Waals surface area contributed by atoms with Crippen LogP contribution in [0.1, 0.15) is 55.5 Å². The Kier molecular flexibility index (Phi) is 6.06. The van der Waals surface area contributed by atoms with Crippen LogP contribution in [0.15, 0.2) is 24.3 Å². The average Bonchev–Trinajstić information content (AvgIpc) is 2.75. The zero-order valence-electron chi connectivity index (χ0n) is 15.1. The molecule has 1 amide bonds. The number of hydrogen-bond donors (Lipinski definition) is 2. The number of carboxylic acid groups (broad SMARTS) is 1. The van der Waals surface area contributed by atoms with Gasteiger partial charge in [0.05, 0.1) is 5.56 Å². The molecule has 6 heteroatoms. The van der Waals surface area contributed by atoms with Gasteiger partial charge in [-0.05, 0) is 63.1 Å². The normalized spacial score (nSPS) is 21.5. The molecule has 0 saturated carbocycles. The molecule has 2 N–H and O–H groups in total. The second-order valence-corrected chi connectivity index (χ2v) is 7.52. The molecule has 1 aliphatic rings. The number of likely N-dealkylation sites (tertiary alicyclic amines) is 1. The second kappa shape index (κ2) is 7.87. The number of carbonyl (C=O) groups is 2. The number of benzene rings is 1. The van der Waals surface area contributed by atoms with Gasteiger partial charge in [0.15, 0.2) is 0 Å². The van der Waals surface area contributed by atoms with Crippen molar-refractivity contribution < 1.29 is 24.5 Å². The summed E-state index contributed by atoms with van der Waals surface area (Å²) in [4.78, 5) is 24.7. The minimum atomic E-state index is -0.919. The highest BCUT2D eigenvalue weighted by Gasteiger charge is 2.29. The topological polar surface area (TPSA) is 87.1 Å². The van der Waals surface area contributed by atoms with Gasteiger partial charge < -0.3 is 19.8 Å². The summed E-state index contributed by atoms with van der Waals surface area (Å²) in [6, 6.07) is 7.22. The lowest BCUT2D eigenvalue weighted by atomic mass is 9.83. The molecule has 0 spiro atoms. The Hall–Kier alpha value is -2.08. The molecule has 1 heterocycles. The molecule has 138 valence electrons. The van der Waals surface area contributed by atoms with E-state index in [4.69, 9.17) is 4.74 Å². The fourth-order valence-electron chi connectivity index (χ4n) is 3.22. The molecule has 25 heavy (non-hydrogen) atoms. The maximum Gasteiger partial charge on any atom is 0.407 e. The van der Waals surface area contributed by atoms with Crippen LogP contribution in [0.5, 0.6) is 0 Å². The van der Waals surface area contributed by atoms with E-state index in [0.717, 1.165) is 5.56 Å². The van der Waals surface area contributed by atoms with Gasteiger partial charge in [-0.15, -0.1) is 0 Å². The van der Waals surface area contributed by atoms with E-state index in [1.54, 1.807) is 12.1 Å². The van der Waals surface area contributed by atoms with Gasteiger partial charge in [-0.25, -0.2) is 9.59 Å². The molecule has 2 atom stereocenters. The molecule has 0 aromatic heterocycles. The van der Waals surface area contributed by atoms with Gasteiger partial charge in [0.1, 0.15) is 5.60 Å². The van der Waals surface area contributed by atoms with Crippen LogP contribution < -0.4 is 0 Å². The first kappa shape index (κ1) is 19.2. The predicted molar refractivity (Wildman–Crippen MR) is 93.8 cm³/mol. The number of nitrogens with zero attached hydrogens (tertiary/aromatic N) is 1. The fraction of sp³-hybridized carbons (Fsp3) is 0.579. The van der Waals surface area contributed by atoms with Crippen molar-refractivity contribution in [2.24, 2.45) is 5.92 Å². The van der Waals surface area contributed by atoms with Crippen molar-refractivity contribution in [3.8, 4) is 0 Å². The third kappa shape index (κ3) is 5.19. The Morgan fingerprint density at radius 1 is 1.16 bits per heavy atom. The largest absolute Gasteiger partial charge is 0.465 e. The number of amides is 1. The molecule has 0 unspecified atom stereocenters. The summed E-state index contributed by atoms with van der Waals surface area (Å²) in [5.74, 6) is -0.283. The van der Waals surface area contributed by atoms with E-state index in [9.17, 15) is 19.8 Å². The van der Waals surface area contributed by atoms with Gasteiger partial charge >= 0.3 is 12.1 Å². The van der Waals surface area contributed by atoms with E-state index in [1.807, 2.05) is 32.9 Å². The second-order valence-electron chi connectivity index (χ2n) is 7.52. The van der Waals surface area contributed by atoms with Crippen LogP contribution in [-0.2, 0) is 4.74 Å². The monoisotopic (exact) mass is 349 g/mol. The van der Waals surface area contributed by atoms with Gasteiger partial charge in [0.2, 0.25) is 0 Å². The lowest BCUT2D eigenvalue weighted by Crippen LogP contribution is -2.30. The third-order valence-electron chi connectivity index (χ3n) is 4.53. The lowest BCUT2D eigenvalue weighted by Gasteiger charge is -2.23. The SMILES string of the molecule is CC(C)(C)OC(=O)c1ccc([C@@H]2CCN(C(=O)O)CC[C@H]2CO)cc1. The average molecular weight is 349 g/mol. The molecule has 1 aliphatic heterocycles. The van der Waals surface area contributed by atoms with Crippen molar-refractivity contribution in [1.29, 1.82) is 0 Å². The zero-order valence-corrected chi connectivity index (χ0v) is 15.1. The molecular weight excluding hydrogens is 322 g/mol. The Bertz CT molecular complexity index is 605. The molecule has 1 fully saturated rings. The molecule has 0 bridgehead atoms. The van der Waals surface area contributed by atoms with Gasteiger partial charge in [-0.3, -0.25) is 0 Å². The number of rotatable bonds is 3. The quantitative estimate of drug-likeness (QED) is 0.819. The molecule has 2 rings (SSSR count). The molecule has 0 radical (unpaired) electrons. The summed E-state index contributed by atoms with van der Waals surface area (Å²) in [6.45, 7) is 6.38. The highest BCUT2D eigenvalue weighted by atomic mass is 16.6. The maximum absolute atomic E-state index is 12.1. The molecule has 0 aliphatic carbocycles. The van der Waals surface area contributed by atoms with Crippen LogP contribution in [0.4, 0.5) is 4.79 Å². The van der Waals surface area contributed by atoms with E-state index >= 15 is 0 Å². The summed E-state index contributed by atoms with van der Waals surface area (Å²) in [6.07, 6.45) is 0.363. The number of ether oxygens (including phenoxy) is 1. The molecule has 1 aromatic carbocycles. The molecule has 6 nitrogen and oxygen atoms in total. The smallest absolute Gasteiger partial charge is 0.407 e. The Morgan fingerprint density at radius 3 is 2.28 bits per heavy atom. The lowest BCUT2D eigenvalue weighted by molar-refractivity contribution is 0.00694. The van der Waals surface area contributed by atoms with E-state index in [1.165, 1.54) is 4.90 Å². The van der Waals surface area contributed by atoms with Crippen LogP contribution in [0, 0.1) is 5.92 Å². The van der Waals surface area contributed by atoms with Crippen molar-refractivity contribution in [2.45, 2.75) is 45.1 Å². The van der Waals surface area contributed by atoms with Crippen molar-refractivity contribution in [2.75, 3.05) is 19.7 Å². The summed E-state index contributed by atoms with van der Waals surface area (Å²) in [5, 5.41) is 18.9. The predicted octanol–water partition coefficient (Wildman–Crippen LogP) is 3.11. The molecule has 1 aromatic rings. The van der Waals surface area contributed by atoms with Crippen LogP contribution in [-0.4, -0.2) is 52.5 Å². The molecular formula is C19H27NO5. The van der Waals surface area contributed by atoms with Gasteiger partial charge in [0, 0.05) is 19.7 Å². The first-order valence-corrected chi connectivity index (χ1v) is 8.63. The summed E-state index contributed by atoms with van der Waals surface area (Å²) >= 11 is 0. The fourth-order valence-corrected chi connectivity index (χ4v) is 3.22. The maximum atomic E-state index is 12.1. The van der Waals surface area contributed by atoms with Crippen molar-refractivity contribution in [1.82, 2.24) is 4.90 Å².